The molecule has 1 atom stereocenters. The van der Waals surface area contributed by atoms with Crippen LogP contribution in [0, 0.1) is 11.3 Å². The molecule has 1 aromatic carbocycles. The first-order valence-electron chi connectivity index (χ1n) is 9.21. The van der Waals surface area contributed by atoms with Gasteiger partial charge in [0.1, 0.15) is 6.10 Å². The van der Waals surface area contributed by atoms with E-state index in [1.54, 1.807) is 0 Å². The summed E-state index contributed by atoms with van der Waals surface area (Å²) in [4.78, 5) is 7.40. The van der Waals surface area contributed by atoms with Crippen molar-refractivity contribution in [3.05, 3.63) is 54.0 Å². The van der Waals surface area contributed by atoms with Crippen LogP contribution < -0.4 is 4.74 Å². The molecule has 0 amide bonds. The maximum atomic E-state index is 12.8. The van der Waals surface area contributed by atoms with Crippen LogP contribution in [0.4, 0.5) is 13.2 Å². The lowest BCUT2D eigenvalue weighted by molar-refractivity contribution is -0.159. The Morgan fingerprint density at radius 3 is 2.53 bits per heavy atom. The predicted octanol–water partition coefficient (Wildman–Crippen LogP) is 2.86. The van der Waals surface area contributed by atoms with Gasteiger partial charge in [0.15, 0.2) is 0 Å². The van der Waals surface area contributed by atoms with Crippen molar-refractivity contribution < 1.29 is 30.8 Å². The van der Waals surface area contributed by atoms with Crippen molar-refractivity contribution in [3.8, 4) is 23.3 Å². The van der Waals surface area contributed by atoms with E-state index >= 15 is 0 Å². The molecule has 1 fully saturated rings. The van der Waals surface area contributed by atoms with Crippen molar-refractivity contribution in [2.24, 2.45) is 0 Å². The van der Waals surface area contributed by atoms with Crippen molar-refractivity contribution in [1.82, 2.24) is 19.4 Å². The number of sulfonamides is 1. The molecule has 2 aromatic heterocycles. The summed E-state index contributed by atoms with van der Waals surface area (Å²) < 4.78 is 74.5. The Balaban J connectivity index is 1.40. The Hall–Kier alpha value is -3.50. The highest BCUT2D eigenvalue weighted by Crippen LogP contribution is 2.30. The zero-order chi connectivity index (χ0) is 22.9. The second-order valence-corrected chi connectivity index (χ2v) is 8.77. The normalized spacial score (nSPS) is 17.2. The molecule has 1 aliphatic heterocycles. The second-order valence-electron chi connectivity index (χ2n) is 6.83. The molecule has 4 rings (SSSR count). The zero-order valence-electron chi connectivity index (χ0n) is 16.2. The standard InChI is InChI=1S/C19H14F3N5O4S/c20-19(21,22)18-25-17(26-31-18)13-3-6-16(24-10-13)30-14-7-8-27(11-14)32(28,29)15-4-1-12(9-23)2-5-15/h1-6,10,14H,7-8,11H2. The molecule has 1 unspecified atom stereocenters. The lowest BCUT2D eigenvalue weighted by Crippen LogP contribution is -2.31. The van der Waals surface area contributed by atoms with Gasteiger partial charge in [-0.1, -0.05) is 5.16 Å². The Kier molecular flexibility index (Phi) is 5.57. The summed E-state index contributed by atoms with van der Waals surface area (Å²) in [5, 5.41) is 12.1. The third-order valence-electron chi connectivity index (χ3n) is 4.68. The first kappa shape index (κ1) is 21.7. The monoisotopic (exact) mass is 465 g/mol. The van der Waals surface area contributed by atoms with Crippen LogP contribution in [-0.4, -0.2) is 47.0 Å². The zero-order valence-corrected chi connectivity index (χ0v) is 17.0. The summed E-state index contributed by atoms with van der Waals surface area (Å²) in [7, 11) is -3.74. The van der Waals surface area contributed by atoms with Gasteiger partial charge in [0.05, 0.1) is 23.1 Å². The number of aromatic nitrogens is 3. The first-order chi connectivity index (χ1) is 15.2. The molecule has 32 heavy (non-hydrogen) atoms. The molecular weight excluding hydrogens is 451 g/mol. The maximum Gasteiger partial charge on any atom is 0.471 e. The van der Waals surface area contributed by atoms with E-state index in [0.717, 1.165) is 0 Å². The van der Waals surface area contributed by atoms with Crippen LogP contribution in [0.3, 0.4) is 0 Å². The molecular formula is C19H14F3N5O4S. The van der Waals surface area contributed by atoms with Crippen LogP contribution >= 0.6 is 0 Å². The molecule has 0 spiro atoms. The van der Waals surface area contributed by atoms with Crippen molar-refractivity contribution in [3.63, 3.8) is 0 Å². The van der Waals surface area contributed by atoms with Gasteiger partial charge in [0, 0.05) is 24.4 Å². The number of rotatable bonds is 5. The van der Waals surface area contributed by atoms with Crippen LogP contribution in [0.25, 0.3) is 11.4 Å². The lowest BCUT2D eigenvalue weighted by atomic mass is 10.2. The Bertz CT molecular complexity index is 1250. The van der Waals surface area contributed by atoms with Gasteiger partial charge < -0.3 is 9.26 Å². The largest absolute Gasteiger partial charge is 0.473 e. The van der Waals surface area contributed by atoms with Gasteiger partial charge >= 0.3 is 12.1 Å². The van der Waals surface area contributed by atoms with Crippen molar-refractivity contribution >= 4 is 10.0 Å². The Morgan fingerprint density at radius 1 is 1.19 bits per heavy atom. The highest BCUT2D eigenvalue weighted by Gasteiger charge is 2.38. The minimum Gasteiger partial charge on any atom is -0.473 e. The maximum absolute atomic E-state index is 12.8. The fourth-order valence-corrected chi connectivity index (χ4v) is 4.56. The van der Waals surface area contributed by atoms with Gasteiger partial charge in [-0.15, -0.1) is 0 Å². The van der Waals surface area contributed by atoms with Gasteiger partial charge in [-0.05, 0) is 36.8 Å². The predicted molar refractivity (Wildman–Crippen MR) is 101 cm³/mol. The number of nitrogens with zero attached hydrogens (tertiary/aromatic N) is 5. The molecule has 0 bridgehead atoms. The molecule has 1 aliphatic rings. The molecule has 0 saturated carbocycles. The summed E-state index contributed by atoms with van der Waals surface area (Å²) in [5.74, 6) is -1.55. The number of halogens is 3. The van der Waals surface area contributed by atoms with Crippen LogP contribution in [0.2, 0.25) is 0 Å². The number of benzene rings is 1. The summed E-state index contributed by atoms with van der Waals surface area (Å²) in [6, 6.07) is 10.4. The third kappa shape index (κ3) is 4.41. The van der Waals surface area contributed by atoms with Gasteiger partial charge in [-0.25, -0.2) is 13.4 Å². The van der Waals surface area contributed by atoms with E-state index in [0.29, 0.717) is 12.0 Å². The van der Waals surface area contributed by atoms with E-state index < -0.39 is 28.2 Å². The quantitative estimate of drug-likeness (QED) is 0.564. The van der Waals surface area contributed by atoms with E-state index in [1.807, 2.05) is 6.07 Å². The molecule has 9 nitrogen and oxygen atoms in total. The minimum atomic E-state index is -4.74. The van der Waals surface area contributed by atoms with Crippen LogP contribution in [0.5, 0.6) is 5.88 Å². The van der Waals surface area contributed by atoms with E-state index in [9.17, 15) is 21.6 Å². The van der Waals surface area contributed by atoms with E-state index in [1.165, 1.54) is 46.9 Å². The first-order valence-corrected chi connectivity index (χ1v) is 10.6. The second kappa shape index (κ2) is 8.21. The van der Waals surface area contributed by atoms with E-state index in [-0.39, 0.29) is 35.3 Å². The number of ether oxygens (including phenoxy) is 1. The smallest absolute Gasteiger partial charge is 0.471 e. The number of pyridine rings is 1. The van der Waals surface area contributed by atoms with Crippen molar-refractivity contribution in [2.75, 3.05) is 13.1 Å². The minimum absolute atomic E-state index is 0.0815. The third-order valence-corrected chi connectivity index (χ3v) is 6.56. The van der Waals surface area contributed by atoms with Gasteiger partial charge in [0.25, 0.3) is 0 Å². The fraction of sp³-hybridized carbons (Fsp3) is 0.263. The molecule has 0 N–H and O–H groups in total. The summed E-state index contributed by atoms with van der Waals surface area (Å²) in [6.07, 6.45) is -3.53. The topological polar surface area (TPSA) is 122 Å². The SMILES string of the molecule is N#Cc1ccc(S(=O)(=O)N2CCC(Oc3ccc(-c4noc(C(F)(F)F)n4)cn3)C2)cc1. The highest BCUT2D eigenvalue weighted by molar-refractivity contribution is 7.89. The molecule has 1 saturated heterocycles. The van der Waals surface area contributed by atoms with E-state index in [2.05, 4.69) is 19.6 Å². The van der Waals surface area contributed by atoms with Crippen LogP contribution in [0.15, 0.2) is 52.0 Å². The molecule has 166 valence electrons. The van der Waals surface area contributed by atoms with Gasteiger partial charge in [-0.2, -0.15) is 27.7 Å². The summed E-state index contributed by atoms with van der Waals surface area (Å²) in [6.45, 7) is 0.347. The highest BCUT2D eigenvalue weighted by atomic mass is 32.2. The van der Waals surface area contributed by atoms with Crippen LogP contribution in [0.1, 0.15) is 17.9 Å². The number of hydrogen-bond donors (Lipinski definition) is 0. The summed E-state index contributed by atoms with van der Waals surface area (Å²) in [5.41, 5.74) is 0.560. The molecule has 0 radical (unpaired) electrons. The molecule has 3 heterocycles. The van der Waals surface area contributed by atoms with Crippen LogP contribution in [-0.2, 0) is 16.2 Å². The van der Waals surface area contributed by atoms with E-state index in [4.69, 9.17) is 10.00 Å². The molecule has 3 aromatic rings. The number of alkyl halides is 3. The van der Waals surface area contributed by atoms with Crippen molar-refractivity contribution in [2.45, 2.75) is 23.6 Å². The van der Waals surface area contributed by atoms with Crippen molar-refractivity contribution in [1.29, 1.82) is 5.26 Å². The van der Waals surface area contributed by atoms with Gasteiger partial charge in [-0.3, -0.25) is 0 Å². The molecule has 0 aliphatic carbocycles. The number of nitriles is 1. The fourth-order valence-electron chi connectivity index (χ4n) is 3.07. The van der Waals surface area contributed by atoms with Gasteiger partial charge in [0.2, 0.25) is 21.7 Å². The Morgan fingerprint density at radius 2 is 1.94 bits per heavy atom. The Labute approximate surface area is 180 Å². The summed E-state index contributed by atoms with van der Waals surface area (Å²) >= 11 is 0. The number of hydrogen-bond acceptors (Lipinski definition) is 8. The lowest BCUT2D eigenvalue weighted by Gasteiger charge is -2.17. The molecule has 13 heteroatoms. The average molecular weight is 465 g/mol. The average Bonchev–Trinajstić information content (AvgIpc) is 3.45.